The van der Waals surface area contributed by atoms with Gasteiger partial charge in [-0.25, -0.2) is 4.98 Å². The zero-order valence-corrected chi connectivity index (χ0v) is 15.7. The molecule has 1 atom stereocenters. The first-order chi connectivity index (χ1) is 13.0. The summed E-state index contributed by atoms with van der Waals surface area (Å²) >= 11 is 3.44. The quantitative estimate of drug-likeness (QED) is 0.448. The number of hydrogen-bond donors (Lipinski definition) is 0. The van der Waals surface area contributed by atoms with E-state index in [1.54, 1.807) is 6.20 Å². The van der Waals surface area contributed by atoms with Crippen LogP contribution in [0.4, 0.5) is 10.1 Å². The zero-order valence-electron chi connectivity index (χ0n) is 14.2. The number of morpholine rings is 1. The summed E-state index contributed by atoms with van der Waals surface area (Å²) in [6, 6.07) is 3.28. The van der Waals surface area contributed by atoms with Gasteiger partial charge in [-0.15, -0.1) is 5.10 Å². The molecule has 0 radical (unpaired) electrons. The van der Waals surface area contributed by atoms with Crippen molar-refractivity contribution in [2.24, 2.45) is 0 Å². The standard InChI is InChI=1S/C16H16BrFN6O3/c17-11-1-2-15-19-7-12(22(15)8-11)13(9-21-3-5-27-6-4-21)23-10-14(24(25)26)16(18)20-23/h1-2,7-8,10,13H,3-6,9H2. The van der Waals surface area contributed by atoms with E-state index in [2.05, 4.69) is 30.9 Å². The number of nitro groups is 1. The molecule has 1 unspecified atom stereocenters. The fourth-order valence-corrected chi connectivity index (χ4v) is 3.54. The Bertz CT molecular complexity index is 984. The van der Waals surface area contributed by atoms with Crippen LogP contribution < -0.4 is 0 Å². The van der Waals surface area contributed by atoms with Crippen molar-refractivity contribution in [1.29, 1.82) is 0 Å². The Morgan fingerprint density at radius 1 is 1.33 bits per heavy atom. The average Bonchev–Trinajstić information content (AvgIpc) is 3.24. The number of aromatic nitrogens is 4. The topological polar surface area (TPSA) is 90.7 Å². The van der Waals surface area contributed by atoms with Gasteiger partial charge >= 0.3 is 11.6 Å². The van der Waals surface area contributed by atoms with Crippen LogP contribution in [0, 0.1) is 16.1 Å². The lowest BCUT2D eigenvalue weighted by Crippen LogP contribution is -2.40. The minimum absolute atomic E-state index is 0.449. The largest absolute Gasteiger partial charge is 0.379 e. The lowest BCUT2D eigenvalue weighted by molar-refractivity contribution is -0.387. The van der Waals surface area contributed by atoms with Crippen molar-refractivity contribution in [3.05, 3.63) is 57.0 Å². The van der Waals surface area contributed by atoms with Gasteiger partial charge in [0, 0.05) is 30.3 Å². The highest BCUT2D eigenvalue weighted by atomic mass is 79.9. The molecule has 1 aliphatic heterocycles. The molecule has 3 aromatic rings. The van der Waals surface area contributed by atoms with Gasteiger partial charge in [-0.05, 0) is 28.1 Å². The third-order valence-electron chi connectivity index (χ3n) is 4.56. The second kappa shape index (κ2) is 7.33. The van der Waals surface area contributed by atoms with E-state index in [1.165, 1.54) is 4.68 Å². The Labute approximate surface area is 161 Å². The van der Waals surface area contributed by atoms with Gasteiger partial charge in [0.15, 0.2) is 0 Å². The summed E-state index contributed by atoms with van der Waals surface area (Å²) in [5, 5.41) is 14.8. The first kappa shape index (κ1) is 18.0. The highest BCUT2D eigenvalue weighted by Gasteiger charge is 2.28. The maximum absolute atomic E-state index is 14.0. The van der Waals surface area contributed by atoms with E-state index in [9.17, 15) is 14.5 Å². The minimum Gasteiger partial charge on any atom is -0.379 e. The Morgan fingerprint density at radius 3 is 2.81 bits per heavy atom. The fourth-order valence-electron chi connectivity index (χ4n) is 3.20. The van der Waals surface area contributed by atoms with Crippen molar-refractivity contribution in [3.8, 4) is 0 Å². The van der Waals surface area contributed by atoms with Crippen LogP contribution in [-0.4, -0.2) is 61.8 Å². The van der Waals surface area contributed by atoms with E-state index in [-0.39, 0.29) is 0 Å². The monoisotopic (exact) mass is 438 g/mol. The molecular formula is C16H16BrFN6O3. The molecule has 0 N–H and O–H groups in total. The second-order valence-corrected chi connectivity index (χ2v) is 7.15. The summed E-state index contributed by atoms with van der Waals surface area (Å²) in [7, 11) is 0. The van der Waals surface area contributed by atoms with Gasteiger partial charge in [0.1, 0.15) is 17.9 Å². The molecule has 1 fully saturated rings. The van der Waals surface area contributed by atoms with Gasteiger partial charge in [0.05, 0.1) is 30.0 Å². The number of rotatable bonds is 5. The maximum Gasteiger partial charge on any atom is 0.343 e. The van der Waals surface area contributed by atoms with Crippen LogP contribution in [0.25, 0.3) is 5.65 Å². The summed E-state index contributed by atoms with van der Waals surface area (Å²) < 4.78 is 23.4. The molecule has 4 rings (SSSR count). The average molecular weight is 439 g/mol. The first-order valence-corrected chi connectivity index (χ1v) is 9.14. The predicted molar refractivity (Wildman–Crippen MR) is 97.1 cm³/mol. The van der Waals surface area contributed by atoms with Gasteiger partial charge < -0.3 is 9.14 Å². The summed E-state index contributed by atoms with van der Waals surface area (Å²) in [6.45, 7) is 3.17. The van der Waals surface area contributed by atoms with E-state index < -0.39 is 22.6 Å². The SMILES string of the molecule is O=[N+]([O-])c1cn(C(CN2CCOCC2)c2cnc3ccc(Br)cn23)nc1F. The number of nitrogens with zero attached hydrogens (tertiary/aromatic N) is 6. The summed E-state index contributed by atoms with van der Waals surface area (Å²) in [6.07, 6.45) is 4.69. The predicted octanol–water partition coefficient (Wildman–Crippen LogP) is 2.26. The van der Waals surface area contributed by atoms with Crippen LogP contribution in [-0.2, 0) is 4.74 Å². The van der Waals surface area contributed by atoms with Crippen LogP contribution in [0.15, 0.2) is 35.2 Å². The van der Waals surface area contributed by atoms with Crippen LogP contribution in [0.1, 0.15) is 11.7 Å². The van der Waals surface area contributed by atoms with E-state index >= 15 is 0 Å². The molecule has 3 aromatic heterocycles. The molecule has 1 saturated heterocycles. The molecule has 0 aliphatic carbocycles. The third-order valence-corrected chi connectivity index (χ3v) is 5.03. The molecule has 9 nitrogen and oxygen atoms in total. The molecule has 27 heavy (non-hydrogen) atoms. The van der Waals surface area contributed by atoms with Gasteiger partial charge in [-0.2, -0.15) is 4.39 Å². The first-order valence-electron chi connectivity index (χ1n) is 8.34. The summed E-state index contributed by atoms with van der Waals surface area (Å²) in [4.78, 5) is 16.8. The van der Waals surface area contributed by atoms with Crippen molar-refractivity contribution in [2.45, 2.75) is 6.04 Å². The Morgan fingerprint density at radius 2 is 2.11 bits per heavy atom. The van der Waals surface area contributed by atoms with E-state index in [4.69, 9.17) is 4.74 Å². The summed E-state index contributed by atoms with van der Waals surface area (Å²) in [5.74, 6) is -1.10. The molecule has 142 valence electrons. The summed E-state index contributed by atoms with van der Waals surface area (Å²) in [5.41, 5.74) is 0.842. The molecule has 11 heteroatoms. The Kier molecular flexibility index (Phi) is 4.89. The second-order valence-electron chi connectivity index (χ2n) is 6.23. The normalized spacial score (nSPS) is 16.7. The third kappa shape index (κ3) is 3.57. The van der Waals surface area contributed by atoms with Gasteiger partial charge in [0.25, 0.3) is 0 Å². The number of hydrogen-bond acceptors (Lipinski definition) is 6. The molecular weight excluding hydrogens is 423 g/mol. The van der Waals surface area contributed by atoms with Crippen LogP contribution in [0.3, 0.4) is 0 Å². The molecule has 4 heterocycles. The van der Waals surface area contributed by atoms with Gasteiger partial charge in [-0.1, -0.05) is 0 Å². The number of pyridine rings is 1. The highest BCUT2D eigenvalue weighted by Crippen LogP contribution is 2.26. The minimum atomic E-state index is -1.10. The highest BCUT2D eigenvalue weighted by molar-refractivity contribution is 9.10. The van der Waals surface area contributed by atoms with E-state index in [1.807, 2.05) is 22.7 Å². The van der Waals surface area contributed by atoms with E-state index in [0.717, 1.165) is 35.1 Å². The number of halogens is 2. The molecule has 0 aromatic carbocycles. The number of imidazole rings is 1. The number of ether oxygens (including phenoxy) is 1. The van der Waals surface area contributed by atoms with Crippen molar-refractivity contribution in [1.82, 2.24) is 24.1 Å². The van der Waals surface area contributed by atoms with Gasteiger partial charge in [0.2, 0.25) is 0 Å². The van der Waals surface area contributed by atoms with Crippen LogP contribution in [0.2, 0.25) is 0 Å². The molecule has 1 aliphatic rings. The molecule has 0 amide bonds. The zero-order chi connectivity index (χ0) is 19.0. The lowest BCUT2D eigenvalue weighted by Gasteiger charge is -2.30. The Hall–Kier alpha value is -2.37. The van der Waals surface area contributed by atoms with Crippen molar-refractivity contribution >= 4 is 27.3 Å². The Balaban J connectivity index is 1.78. The van der Waals surface area contributed by atoms with Crippen molar-refractivity contribution in [3.63, 3.8) is 0 Å². The molecule has 0 saturated carbocycles. The van der Waals surface area contributed by atoms with Crippen LogP contribution in [0.5, 0.6) is 0 Å². The van der Waals surface area contributed by atoms with Crippen molar-refractivity contribution in [2.75, 3.05) is 32.8 Å². The molecule has 0 bridgehead atoms. The number of fused-ring (bicyclic) bond motifs is 1. The lowest BCUT2D eigenvalue weighted by atomic mass is 10.2. The van der Waals surface area contributed by atoms with Crippen LogP contribution >= 0.6 is 15.9 Å². The fraction of sp³-hybridized carbons (Fsp3) is 0.375. The van der Waals surface area contributed by atoms with Gasteiger partial charge in [-0.3, -0.25) is 19.7 Å². The van der Waals surface area contributed by atoms with Crippen molar-refractivity contribution < 1.29 is 14.1 Å². The molecule has 0 spiro atoms. The maximum atomic E-state index is 14.0. The van der Waals surface area contributed by atoms with E-state index in [0.29, 0.717) is 19.8 Å². The smallest absolute Gasteiger partial charge is 0.343 e.